The number of H-pyrrole nitrogens is 1. The normalized spacial score (nSPS) is 17.0. The minimum absolute atomic E-state index is 0.155. The monoisotopic (exact) mass is 272 g/mol. The summed E-state index contributed by atoms with van der Waals surface area (Å²) in [5.41, 5.74) is 3.20. The molecule has 0 radical (unpaired) electrons. The average Bonchev–Trinajstić information content (AvgIpc) is 2.97. The van der Waals surface area contributed by atoms with E-state index < -0.39 is 0 Å². The third-order valence-electron chi connectivity index (χ3n) is 2.71. The first-order chi connectivity index (χ1) is 9.26. The van der Waals surface area contributed by atoms with Crippen LogP contribution in [0.15, 0.2) is 35.2 Å². The van der Waals surface area contributed by atoms with E-state index in [4.69, 9.17) is 0 Å². The van der Waals surface area contributed by atoms with Crippen LogP contribution in [-0.4, -0.2) is 26.8 Å². The summed E-state index contributed by atoms with van der Waals surface area (Å²) in [6, 6.07) is 5.79. The van der Waals surface area contributed by atoms with Crippen LogP contribution >= 0.6 is 11.8 Å². The lowest BCUT2D eigenvalue weighted by Gasteiger charge is -1.95. The van der Waals surface area contributed by atoms with Crippen LogP contribution in [0.2, 0.25) is 0 Å². The van der Waals surface area contributed by atoms with E-state index in [-0.39, 0.29) is 5.91 Å². The minimum atomic E-state index is -0.155. The molecular weight excluding hydrogens is 260 g/mol. The fourth-order valence-electron chi connectivity index (χ4n) is 1.85. The average molecular weight is 272 g/mol. The van der Waals surface area contributed by atoms with Crippen molar-refractivity contribution in [3.63, 3.8) is 0 Å². The summed E-state index contributed by atoms with van der Waals surface area (Å²) in [4.78, 5) is 23.2. The first kappa shape index (κ1) is 12.0. The van der Waals surface area contributed by atoms with Crippen molar-refractivity contribution in [2.45, 2.75) is 6.92 Å². The molecule has 1 aliphatic heterocycles. The van der Waals surface area contributed by atoms with Gasteiger partial charge in [0.25, 0.3) is 5.91 Å². The number of rotatable bonds is 2. The highest BCUT2D eigenvalue weighted by molar-refractivity contribution is 8.13. The van der Waals surface area contributed by atoms with E-state index in [1.54, 1.807) is 12.4 Å². The number of fused-ring (bicyclic) bond motifs is 1. The predicted octanol–water partition coefficient (Wildman–Crippen LogP) is 2.14. The predicted molar refractivity (Wildman–Crippen MR) is 77.8 cm³/mol. The number of aromatic nitrogens is 2. The van der Waals surface area contributed by atoms with E-state index >= 15 is 0 Å². The van der Waals surface area contributed by atoms with Gasteiger partial charge in [-0.1, -0.05) is 24.8 Å². The number of amidine groups is 1. The van der Waals surface area contributed by atoms with Gasteiger partial charge >= 0.3 is 0 Å². The highest BCUT2D eigenvalue weighted by atomic mass is 32.2. The van der Waals surface area contributed by atoms with Gasteiger partial charge in [-0.15, -0.1) is 0 Å². The molecule has 1 aromatic carbocycles. The summed E-state index contributed by atoms with van der Waals surface area (Å²) in [5, 5.41) is 3.41. The Balaban J connectivity index is 1.94. The molecule has 96 valence electrons. The fraction of sp³-hybridized carbons (Fsp3) is 0.154. The molecule has 1 amide bonds. The van der Waals surface area contributed by atoms with E-state index in [9.17, 15) is 4.79 Å². The Kier molecular flexibility index (Phi) is 3.08. The molecular formula is C13H12N4OS. The van der Waals surface area contributed by atoms with Crippen LogP contribution in [0, 0.1) is 0 Å². The summed E-state index contributed by atoms with van der Waals surface area (Å²) < 4.78 is 0. The molecule has 0 unspecified atom stereocenters. The molecule has 0 spiro atoms. The molecule has 6 heteroatoms. The summed E-state index contributed by atoms with van der Waals surface area (Å²) in [5.74, 6) is 0.726. The lowest BCUT2D eigenvalue weighted by Crippen LogP contribution is -2.21. The Hall–Kier alpha value is -2.08. The topological polar surface area (TPSA) is 70.1 Å². The molecule has 3 rings (SSSR count). The first-order valence-corrected chi connectivity index (χ1v) is 6.92. The van der Waals surface area contributed by atoms with Gasteiger partial charge in [-0.25, -0.2) is 9.98 Å². The standard InChI is InChI=1S/C13H12N4OS/c1-2-19-13-16-11(12(18)17-13)6-8-3-4-9-10(5-8)15-7-14-9/h3-7H,2H2,1H3,(H,14,15)(H,16,17,18)/b11-6-. The first-order valence-electron chi connectivity index (χ1n) is 5.94. The molecule has 0 aliphatic carbocycles. The largest absolute Gasteiger partial charge is 0.345 e. The van der Waals surface area contributed by atoms with Gasteiger partial charge in [-0.05, 0) is 29.5 Å². The number of benzene rings is 1. The van der Waals surface area contributed by atoms with Gasteiger partial charge in [0.15, 0.2) is 5.17 Å². The lowest BCUT2D eigenvalue weighted by atomic mass is 10.1. The number of carbonyl (C=O) groups is 1. The Bertz CT molecular complexity index is 701. The second-order valence-corrected chi connectivity index (χ2v) is 5.27. The molecule has 0 fully saturated rings. The number of thioether (sulfide) groups is 1. The molecule has 2 N–H and O–H groups in total. The van der Waals surface area contributed by atoms with Crippen LogP contribution in [0.1, 0.15) is 12.5 Å². The lowest BCUT2D eigenvalue weighted by molar-refractivity contribution is -0.115. The fourth-order valence-corrected chi connectivity index (χ4v) is 2.45. The number of aromatic amines is 1. The van der Waals surface area contributed by atoms with Gasteiger partial charge in [-0.2, -0.15) is 0 Å². The van der Waals surface area contributed by atoms with Crippen LogP contribution in [0.4, 0.5) is 0 Å². The van der Waals surface area contributed by atoms with Crippen molar-refractivity contribution in [2.75, 3.05) is 5.75 Å². The molecule has 2 heterocycles. The Labute approximate surface area is 114 Å². The Morgan fingerprint density at radius 2 is 2.32 bits per heavy atom. The second-order valence-electron chi connectivity index (χ2n) is 4.01. The van der Waals surface area contributed by atoms with E-state index in [2.05, 4.69) is 20.3 Å². The maximum Gasteiger partial charge on any atom is 0.275 e. The molecule has 5 nitrogen and oxygen atoms in total. The van der Waals surface area contributed by atoms with Crippen molar-refractivity contribution in [2.24, 2.45) is 4.99 Å². The van der Waals surface area contributed by atoms with Crippen LogP contribution in [0.5, 0.6) is 0 Å². The number of carbonyl (C=O) groups excluding carboxylic acids is 1. The zero-order chi connectivity index (χ0) is 13.2. The van der Waals surface area contributed by atoms with E-state index in [0.29, 0.717) is 10.9 Å². The van der Waals surface area contributed by atoms with Crippen LogP contribution in [0.3, 0.4) is 0 Å². The van der Waals surface area contributed by atoms with Gasteiger partial charge in [0.2, 0.25) is 0 Å². The van der Waals surface area contributed by atoms with Crippen molar-refractivity contribution >= 4 is 39.9 Å². The summed E-state index contributed by atoms with van der Waals surface area (Å²) in [6.07, 6.45) is 3.42. The summed E-state index contributed by atoms with van der Waals surface area (Å²) in [7, 11) is 0. The van der Waals surface area contributed by atoms with Gasteiger partial charge in [0.1, 0.15) is 5.70 Å². The maximum absolute atomic E-state index is 11.7. The van der Waals surface area contributed by atoms with E-state index in [1.807, 2.05) is 25.1 Å². The quantitative estimate of drug-likeness (QED) is 0.823. The summed E-state index contributed by atoms with van der Waals surface area (Å²) in [6.45, 7) is 2.02. The highest BCUT2D eigenvalue weighted by Gasteiger charge is 2.19. The minimum Gasteiger partial charge on any atom is -0.345 e. The SMILES string of the molecule is CCSC1=N/C(=C\c2ccc3[nH]cnc3c2)C(=O)N1. The van der Waals surface area contributed by atoms with Gasteiger partial charge < -0.3 is 4.98 Å². The zero-order valence-electron chi connectivity index (χ0n) is 10.3. The van der Waals surface area contributed by atoms with E-state index in [1.165, 1.54) is 11.8 Å². The smallest absolute Gasteiger partial charge is 0.275 e. The van der Waals surface area contributed by atoms with Gasteiger partial charge in [0.05, 0.1) is 17.4 Å². The highest BCUT2D eigenvalue weighted by Crippen LogP contribution is 2.18. The molecule has 0 saturated carbocycles. The molecule has 0 bridgehead atoms. The van der Waals surface area contributed by atoms with E-state index in [0.717, 1.165) is 22.3 Å². The van der Waals surface area contributed by atoms with Gasteiger partial charge in [-0.3, -0.25) is 10.1 Å². The van der Waals surface area contributed by atoms with Crippen molar-refractivity contribution in [3.05, 3.63) is 35.8 Å². The molecule has 19 heavy (non-hydrogen) atoms. The van der Waals surface area contributed by atoms with Gasteiger partial charge in [0, 0.05) is 0 Å². The molecule has 1 aromatic heterocycles. The molecule has 1 aliphatic rings. The third kappa shape index (κ3) is 2.39. The number of amides is 1. The Morgan fingerprint density at radius 1 is 1.42 bits per heavy atom. The van der Waals surface area contributed by atoms with Crippen LogP contribution in [0.25, 0.3) is 17.1 Å². The number of nitrogens with one attached hydrogen (secondary N) is 2. The zero-order valence-corrected chi connectivity index (χ0v) is 11.1. The molecule has 2 aromatic rings. The third-order valence-corrected chi connectivity index (χ3v) is 3.46. The molecule has 0 atom stereocenters. The number of hydrogen-bond donors (Lipinski definition) is 2. The number of hydrogen-bond acceptors (Lipinski definition) is 4. The van der Waals surface area contributed by atoms with Crippen LogP contribution in [-0.2, 0) is 4.79 Å². The number of aliphatic imine (C=N–C) groups is 1. The number of imidazole rings is 1. The van der Waals surface area contributed by atoms with Crippen molar-refractivity contribution in [1.82, 2.24) is 15.3 Å². The maximum atomic E-state index is 11.7. The number of nitrogens with zero attached hydrogens (tertiary/aromatic N) is 2. The summed E-state index contributed by atoms with van der Waals surface area (Å²) >= 11 is 1.52. The van der Waals surface area contributed by atoms with Crippen molar-refractivity contribution in [1.29, 1.82) is 0 Å². The van der Waals surface area contributed by atoms with Crippen molar-refractivity contribution < 1.29 is 4.79 Å². The van der Waals surface area contributed by atoms with Crippen molar-refractivity contribution in [3.8, 4) is 0 Å². The molecule has 0 saturated heterocycles. The van der Waals surface area contributed by atoms with Crippen LogP contribution < -0.4 is 5.32 Å². The Morgan fingerprint density at radius 3 is 3.16 bits per heavy atom. The second kappa shape index (κ2) is 4.89.